The summed E-state index contributed by atoms with van der Waals surface area (Å²) in [5, 5.41) is 0.597. The largest absolute Gasteiger partial charge is 0.468 e. The lowest BCUT2D eigenvalue weighted by molar-refractivity contribution is 0.0913. The molecule has 0 aliphatic heterocycles. The SMILES string of the molecule is O=C(CN(Cc1ccco1)C1CC1)c1cccc(Cl)c1. The molecule has 1 fully saturated rings. The Bertz CT molecular complexity index is 590. The normalized spacial score (nSPS) is 14.7. The first-order valence-electron chi connectivity index (χ1n) is 6.77. The number of hydrogen-bond donors (Lipinski definition) is 0. The predicted octanol–water partition coefficient (Wildman–Crippen LogP) is 3.78. The maximum atomic E-state index is 12.3. The van der Waals surface area contributed by atoms with E-state index in [9.17, 15) is 4.79 Å². The highest BCUT2D eigenvalue weighted by atomic mass is 35.5. The minimum absolute atomic E-state index is 0.103. The Kier molecular flexibility index (Phi) is 3.90. The van der Waals surface area contributed by atoms with Crippen molar-refractivity contribution in [3.8, 4) is 0 Å². The van der Waals surface area contributed by atoms with E-state index in [4.69, 9.17) is 16.0 Å². The zero-order valence-electron chi connectivity index (χ0n) is 11.1. The van der Waals surface area contributed by atoms with E-state index in [1.165, 1.54) is 0 Å². The molecule has 0 bridgehead atoms. The van der Waals surface area contributed by atoms with Crippen LogP contribution >= 0.6 is 11.6 Å². The molecule has 0 atom stereocenters. The molecule has 2 aromatic rings. The second-order valence-corrected chi connectivity index (χ2v) is 5.59. The van der Waals surface area contributed by atoms with Crippen molar-refractivity contribution in [2.45, 2.75) is 25.4 Å². The maximum absolute atomic E-state index is 12.3. The van der Waals surface area contributed by atoms with Crippen molar-refractivity contribution in [3.63, 3.8) is 0 Å². The van der Waals surface area contributed by atoms with Crippen molar-refractivity contribution in [1.29, 1.82) is 0 Å². The summed E-state index contributed by atoms with van der Waals surface area (Å²) >= 11 is 5.93. The average molecular weight is 290 g/mol. The van der Waals surface area contributed by atoms with Crippen LogP contribution in [0.4, 0.5) is 0 Å². The fourth-order valence-corrected chi connectivity index (χ4v) is 2.48. The van der Waals surface area contributed by atoms with Crippen LogP contribution in [0.2, 0.25) is 5.02 Å². The fraction of sp³-hybridized carbons (Fsp3) is 0.312. The van der Waals surface area contributed by atoms with Gasteiger partial charge in [0.15, 0.2) is 5.78 Å². The van der Waals surface area contributed by atoms with Gasteiger partial charge in [-0.15, -0.1) is 0 Å². The lowest BCUT2D eigenvalue weighted by atomic mass is 10.1. The molecular weight excluding hydrogens is 274 g/mol. The van der Waals surface area contributed by atoms with Gasteiger partial charge in [0, 0.05) is 16.6 Å². The molecule has 0 amide bonds. The Balaban J connectivity index is 1.68. The van der Waals surface area contributed by atoms with E-state index in [-0.39, 0.29) is 5.78 Å². The molecule has 1 aromatic carbocycles. The van der Waals surface area contributed by atoms with Crippen LogP contribution in [0.3, 0.4) is 0 Å². The highest BCUT2D eigenvalue weighted by molar-refractivity contribution is 6.31. The molecule has 0 N–H and O–H groups in total. The molecule has 3 rings (SSSR count). The predicted molar refractivity (Wildman–Crippen MR) is 77.9 cm³/mol. The highest BCUT2D eigenvalue weighted by Crippen LogP contribution is 2.28. The summed E-state index contributed by atoms with van der Waals surface area (Å²) in [4.78, 5) is 14.5. The number of nitrogens with zero attached hydrogens (tertiary/aromatic N) is 1. The van der Waals surface area contributed by atoms with Crippen molar-refractivity contribution >= 4 is 17.4 Å². The number of rotatable bonds is 6. The molecule has 0 unspecified atom stereocenters. The monoisotopic (exact) mass is 289 g/mol. The van der Waals surface area contributed by atoms with E-state index in [0.29, 0.717) is 29.7 Å². The van der Waals surface area contributed by atoms with E-state index < -0.39 is 0 Å². The Labute approximate surface area is 123 Å². The standard InChI is InChI=1S/C16H16ClNO2/c17-13-4-1-3-12(9-13)16(19)11-18(14-6-7-14)10-15-5-2-8-20-15/h1-5,8-9,14H,6-7,10-11H2. The molecular formula is C16H16ClNO2. The van der Waals surface area contributed by atoms with Crippen molar-refractivity contribution in [1.82, 2.24) is 4.90 Å². The number of furan rings is 1. The van der Waals surface area contributed by atoms with Gasteiger partial charge in [-0.1, -0.05) is 23.7 Å². The van der Waals surface area contributed by atoms with Crippen LogP contribution in [0.1, 0.15) is 29.0 Å². The van der Waals surface area contributed by atoms with E-state index >= 15 is 0 Å². The number of halogens is 1. The van der Waals surface area contributed by atoms with Crippen LogP contribution in [0, 0.1) is 0 Å². The zero-order valence-corrected chi connectivity index (χ0v) is 11.8. The molecule has 0 radical (unpaired) electrons. The number of benzene rings is 1. The summed E-state index contributed by atoms with van der Waals surface area (Å²) in [6, 6.07) is 11.4. The number of carbonyl (C=O) groups excluding carboxylic acids is 1. The number of carbonyl (C=O) groups is 1. The van der Waals surface area contributed by atoms with E-state index in [2.05, 4.69) is 4.90 Å². The van der Waals surface area contributed by atoms with Gasteiger partial charge in [-0.3, -0.25) is 9.69 Å². The lowest BCUT2D eigenvalue weighted by Gasteiger charge is -2.19. The Morgan fingerprint density at radius 3 is 2.80 bits per heavy atom. The topological polar surface area (TPSA) is 33.5 Å². The minimum atomic E-state index is 0.103. The van der Waals surface area contributed by atoms with Crippen LogP contribution < -0.4 is 0 Å². The van der Waals surface area contributed by atoms with E-state index in [1.807, 2.05) is 24.3 Å². The van der Waals surface area contributed by atoms with Gasteiger partial charge in [-0.05, 0) is 37.1 Å². The Hall–Kier alpha value is -1.58. The molecule has 104 valence electrons. The molecule has 1 aliphatic carbocycles. The number of ketones is 1. The second kappa shape index (κ2) is 5.81. The highest BCUT2D eigenvalue weighted by Gasteiger charge is 2.31. The summed E-state index contributed by atoms with van der Waals surface area (Å²) in [6.07, 6.45) is 3.98. The zero-order chi connectivity index (χ0) is 13.9. The van der Waals surface area contributed by atoms with Crippen molar-refractivity contribution in [2.24, 2.45) is 0 Å². The molecule has 1 aliphatic rings. The van der Waals surface area contributed by atoms with E-state index in [1.54, 1.807) is 18.4 Å². The van der Waals surface area contributed by atoms with Gasteiger partial charge in [-0.25, -0.2) is 0 Å². The maximum Gasteiger partial charge on any atom is 0.176 e. The quantitative estimate of drug-likeness (QED) is 0.759. The smallest absolute Gasteiger partial charge is 0.176 e. The molecule has 20 heavy (non-hydrogen) atoms. The molecule has 0 spiro atoms. The average Bonchev–Trinajstić information content (AvgIpc) is 3.16. The minimum Gasteiger partial charge on any atom is -0.468 e. The van der Waals surface area contributed by atoms with E-state index in [0.717, 1.165) is 18.6 Å². The first-order chi connectivity index (χ1) is 9.72. The summed E-state index contributed by atoms with van der Waals surface area (Å²) in [7, 11) is 0. The van der Waals surface area contributed by atoms with Crippen molar-refractivity contribution in [3.05, 3.63) is 59.0 Å². The van der Waals surface area contributed by atoms with Crippen molar-refractivity contribution in [2.75, 3.05) is 6.54 Å². The number of Topliss-reactive ketones (excluding diaryl/α,β-unsaturated/α-hetero) is 1. The first-order valence-corrected chi connectivity index (χ1v) is 7.15. The molecule has 1 saturated carbocycles. The van der Waals surface area contributed by atoms with Crippen LogP contribution in [-0.4, -0.2) is 23.3 Å². The van der Waals surface area contributed by atoms with Crippen LogP contribution in [0.15, 0.2) is 47.1 Å². The number of hydrogen-bond acceptors (Lipinski definition) is 3. The molecule has 1 aromatic heterocycles. The molecule has 3 nitrogen and oxygen atoms in total. The lowest BCUT2D eigenvalue weighted by Crippen LogP contribution is -2.31. The molecule has 4 heteroatoms. The van der Waals surface area contributed by atoms with Gasteiger partial charge in [0.05, 0.1) is 19.4 Å². The van der Waals surface area contributed by atoms with Gasteiger partial charge >= 0.3 is 0 Å². The Morgan fingerprint density at radius 2 is 2.15 bits per heavy atom. The molecule has 1 heterocycles. The van der Waals surface area contributed by atoms with Gasteiger partial charge < -0.3 is 4.42 Å². The van der Waals surface area contributed by atoms with Crippen LogP contribution in [-0.2, 0) is 6.54 Å². The van der Waals surface area contributed by atoms with Crippen LogP contribution in [0.25, 0.3) is 0 Å². The third-order valence-electron chi connectivity index (χ3n) is 3.50. The third-order valence-corrected chi connectivity index (χ3v) is 3.73. The van der Waals surface area contributed by atoms with Crippen molar-refractivity contribution < 1.29 is 9.21 Å². The fourth-order valence-electron chi connectivity index (χ4n) is 2.29. The summed E-state index contributed by atoms with van der Waals surface area (Å²) < 4.78 is 5.37. The van der Waals surface area contributed by atoms with Gasteiger partial charge in [0.25, 0.3) is 0 Å². The third kappa shape index (κ3) is 3.30. The summed E-state index contributed by atoms with van der Waals surface area (Å²) in [5.74, 6) is 1.00. The summed E-state index contributed by atoms with van der Waals surface area (Å²) in [6.45, 7) is 1.09. The Morgan fingerprint density at radius 1 is 1.30 bits per heavy atom. The van der Waals surface area contributed by atoms with Gasteiger partial charge in [0.2, 0.25) is 0 Å². The first kappa shape index (κ1) is 13.4. The van der Waals surface area contributed by atoms with Gasteiger partial charge in [0.1, 0.15) is 5.76 Å². The van der Waals surface area contributed by atoms with Gasteiger partial charge in [-0.2, -0.15) is 0 Å². The van der Waals surface area contributed by atoms with Crippen LogP contribution in [0.5, 0.6) is 0 Å². The summed E-state index contributed by atoms with van der Waals surface area (Å²) in [5.41, 5.74) is 0.669. The second-order valence-electron chi connectivity index (χ2n) is 5.15. The molecule has 0 saturated heterocycles.